The van der Waals surface area contributed by atoms with Crippen LogP contribution in [0.15, 0.2) is 42.5 Å². The van der Waals surface area contributed by atoms with E-state index < -0.39 is 18.5 Å². The first-order valence-electron chi connectivity index (χ1n) is 8.07. The van der Waals surface area contributed by atoms with Gasteiger partial charge in [-0.1, -0.05) is 11.6 Å². The second kappa shape index (κ2) is 10.3. The van der Waals surface area contributed by atoms with Gasteiger partial charge in [0.25, 0.3) is 5.91 Å². The molecule has 2 aromatic carbocycles. The van der Waals surface area contributed by atoms with E-state index in [4.69, 9.17) is 30.5 Å². The number of benzene rings is 2. The van der Waals surface area contributed by atoms with Crippen LogP contribution in [0.1, 0.15) is 6.42 Å². The zero-order valence-corrected chi connectivity index (χ0v) is 15.7. The highest BCUT2D eigenvalue weighted by atomic mass is 35.5. The van der Waals surface area contributed by atoms with Crippen molar-refractivity contribution >= 4 is 29.2 Å². The van der Waals surface area contributed by atoms with Gasteiger partial charge < -0.3 is 24.3 Å². The van der Waals surface area contributed by atoms with E-state index in [-0.39, 0.29) is 13.0 Å². The first kappa shape index (κ1) is 20.4. The molecule has 0 unspecified atom stereocenters. The number of halogens is 1. The van der Waals surface area contributed by atoms with Crippen LogP contribution < -0.4 is 19.5 Å². The van der Waals surface area contributed by atoms with Crippen molar-refractivity contribution in [2.24, 2.45) is 0 Å². The summed E-state index contributed by atoms with van der Waals surface area (Å²) in [6.07, 6.45) is 0.0137. The summed E-state index contributed by atoms with van der Waals surface area (Å²) in [4.78, 5) is 23.6. The fourth-order valence-corrected chi connectivity index (χ4v) is 2.28. The summed E-state index contributed by atoms with van der Waals surface area (Å²) in [5.74, 6) is 0.724. The Bertz CT molecular complexity index is 778. The van der Waals surface area contributed by atoms with Crippen molar-refractivity contribution in [3.8, 4) is 17.2 Å². The minimum atomic E-state index is -0.545. The number of carbonyl (C=O) groups is 2. The van der Waals surface area contributed by atoms with Crippen LogP contribution in [0.25, 0.3) is 0 Å². The lowest BCUT2D eigenvalue weighted by molar-refractivity contribution is -0.147. The molecule has 7 nitrogen and oxygen atoms in total. The molecule has 0 aliphatic rings. The van der Waals surface area contributed by atoms with Crippen LogP contribution in [0.4, 0.5) is 5.69 Å². The summed E-state index contributed by atoms with van der Waals surface area (Å²) < 4.78 is 20.5. The Morgan fingerprint density at radius 3 is 2.37 bits per heavy atom. The summed E-state index contributed by atoms with van der Waals surface area (Å²) in [5, 5.41) is 3.02. The van der Waals surface area contributed by atoms with Crippen LogP contribution in [-0.2, 0) is 14.3 Å². The van der Waals surface area contributed by atoms with E-state index in [1.807, 2.05) is 0 Å². The molecule has 0 radical (unpaired) electrons. The van der Waals surface area contributed by atoms with E-state index in [9.17, 15) is 9.59 Å². The minimum absolute atomic E-state index is 0.0137. The Morgan fingerprint density at radius 1 is 1.00 bits per heavy atom. The van der Waals surface area contributed by atoms with E-state index in [0.717, 1.165) is 0 Å². The number of rotatable bonds is 9. The molecule has 0 aliphatic carbocycles. The quantitative estimate of drug-likeness (QED) is 0.658. The third-order valence-corrected chi connectivity index (χ3v) is 3.67. The van der Waals surface area contributed by atoms with Gasteiger partial charge in [0.05, 0.1) is 32.9 Å². The summed E-state index contributed by atoms with van der Waals surface area (Å²) >= 11 is 5.90. The predicted octanol–water partition coefficient (Wildman–Crippen LogP) is 3.31. The maximum Gasteiger partial charge on any atom is 0.309 e. The highest BCUT2D eigenvalue weighted by Crippen LogP contribution is 2.27. The van der Waals surface area contributed by atoms with Crippen molar-refractivity contribution in [2.45, 2.75) is 6.42 Å². The maximum atomic E-state index is 11.9. The smallest absolute Gasteiger partial charge is 0.309 e. The molecule has 0 saturated carbocycles. The lowest BCUT2D eigenvalue weighted by atomic mass is 10.3. The van der Waals surface area contributed by atoms with Crippen molar-refractivity contribution < 1.29 is 28.5 Å². The lowest BCUT2D eigenvalue weighted by Crippen LogP contribution is -2.22. The molecule has 8 heteroatoms. The van der Waals surface area contributed by atoms with Crippen LogP contribution in [0.2, 0.25) is 5.02 Å². The Hall–Kier alpha value is -2.93. The molecule has 27 heavy (non-hydrogen) atoms. The first-order valence-corrected chi connectivity index (χ1v) is 8.45. The Kier molecular flexibility index (Phi) is 7.76. The van der Waals surface area contributed by atoms with Crippen LogP contribution >= 0.6 is 11.6 Å². The van der Waals surface area contributed by atoms with Gasteiger partial charge in [-0.2, -0.15) is 0 Å². The van der Waals surface area contributed by atoms with E-state index >= 15 is 0 Å². The molecule has 0 spiro atoms. The summed E-state index contributed by atoms with van der Waals surface area (Å²) in [6, 6.07) is 11.8. The molecule has 2 rings (SSSR count). The molecular formula is C19H20ClNO6. The van der Waals surface area contributed by atoms with Crippen LogP contribution in [0, 0.1) is 0 Å². The summed E-state index contributed by atoms with van der Waals surface area (Å²) in [5.41, 5.74) is 0.397. The van der Waals surface area contributed by atoms with E-state index in [2.05, 4.69) is 5.32 Å². The van der Waals surface area contributed by atoms with Crippen LogP contribution in [-0.4, -0.2) is 39.3 Å². The third-order valence-electron chi connectivity index (χ3n) is 3.43. The normalized spacial score (nSPS) is 10.0. The average molecular weight is 394 g/mol. The fraction of sp³-hybridized carbons (Fsp3) is 0.263. The van der Waals surface area contributed by atoms with Crippen molar-refractivity contribution in [3.05, 3.63) is 47.5 Å². The number of ether oxygens (including phenoxy) is 4. The number of esters is 1. The number of nitrogens with one attached hydrogen (secondary N) is 1. The van der Waals surface area contributed by atoms with Gasteiger partial charge in [-0.3, -0.25) is 9.59 Å². The number of carbonyl (C=O) groups excluding carboxylic acids is 2. The number of anilines is 1. The topological polar surface area (TPSA) is 83.1 Å². The minimum Gasteiger partial charge on any atom is -0.497 e. The Morgan fingerprint density at radius 2 is 1.70 bits per heavy atom. The molecule has 1 amide bonds. The third kappa shape index (κ3) is 6.71. The Labute approximate surface area is 162 Å². The molecule has 144 valence electrons. The second-order valence-electron chi connectivity index (χ2n) is 5.33. The van der Waals surface area contributed by atoms with E-state index in [1.165, 1.54) is 7.11 Å². The predicted molar refractivity (Wildman–Crippen MR) is 101 cm³/mol. The lowest BCUT2D eigenvalue weighted by Gasteiger charge is -2.11. The van der Waals surface area contributed by atoms with E-state index in [0.29, 0.717) is 28.0 Å². The SMILES string of the molecule is COc1ccc(OCCC(=O)OCC(=O)Nc2cc(Cl)ccc2OC)cc1. The Balaban J connectivity index is 1.71. The summed E-state index contributed by atoms with van der Waals surface area (Å²) in [6.45, 7) is -0.286. The van der Waals surface area contributed by atoms with Gasteiger partial charge in [-0.25, -0.2) is 0 Å². The first-order chi connectivity index (χ1) is 13.0. The van der Waals surface area contributed by atoms with Gasteiger partial charge in [-0.15, -0.1) is 0 Å². The fourth-order valence-electron chi connectivity index (χ4n) is 2.11. The van der Waals surface area contributed by atoms with Gasteiger partial charge >= 0.3 is 5.97 Å². The van der Waals surface area contributed by atoms with Gasteiger partial charge in [0, 0.05) is 5.02 Å². The number of hydrogen-bond acceptors (Lipinski definition) is 6. The van der Waals surface area contributed by atoms with Gasteiger partial charge in [0.15, 0.2) is 6.61 Å². The molecule has 1 N–H and O–H groups in total. The number of amides is 1. The number of hydrogen-bond donors (Lipinski definition) is 1. The maximum absolute atomic E-state index is 11.9. The summed E-state index contributed by atoms with van der Waals surface area (Å²) in [7, 11) is 3.05. The molecule has 0 aliphatic heterocycles. The highest BCUT2D eigenvalue weighted by molar-refractivity contribution is 6.31. The molecule has 0 aromatic heterocycles. The molecule has 0 saturated heterocycles. The molecule has 0 heterocycles. The average Bonchev–Trinajstić information content (AvgIpc) is 2.67. The molecule has 0 bridgehead atoms. The van der Waals surface area contributed by atoms with Crippen molar-refractivity contribution in [3.63, 3.8) is 0 Å². The second-order valence-corrected chi connectivity index (χ2v) is 5.76. The van der Waals surface area contributed by atoms with E-state index in [1.54, 1.807) is 49.6 Å². The van der Waals surface area contributed by atoms with Crippen molar-refractivity contribution in [1.82, 2.24) is 0 Å². The molecule has 0 atom stereocenters. The standard InChI is InChI=1S/C19H20ClNO6/c1-24-14-4-6-15(7-5-14)26-10-9-19(23)27-12-18(22)21-16-11-13(20)3-8-17(16)25-2/h3-8,11H,9-10,12H2,1-2H3,(H,21,22). The highest BCUT2D eigenvalue weighted by Gasteiger charge is 2.11. The number of methoxy groups -OCH3 is 2. The zero-order valence-electron chi connectivity index (χ0n) is 15.0. The molecule has 0 fully saturated rings. The molecular weight excluding hydrogens is 374 g/mol. The van der Waals surface area contributed by atoms with Crippen molar-refractivity contribution in [1.29, 1.82) is 0 Å². The van der Waals surface area contributed by atoms with Gasteiger partial charge in [0.1, 0.15) is 17.2 Å². The largest absolute Gasteiger partial charge is 0.497 e. The van der Waals surface area contributed by atoms with Crippen LogP contribution in [0.5, 0.6) is 17.2 Å². The van der Waals surface area contributed by atoms with Crippen LogP contribution in [0.3, 0.4) is 0 Å². The molecule has 2 aromatic rings. The van der Waals surface area contributed by atoms with Crippen molar-refractivity contribution in [2.75, 3.05) is 32.8 Å². The zero-order chi connectivity index (χ0) is 19.6. The monoisotopic (exact) mass is 393 g/mol. The van der Waals surface area contributed by atoms with Gasteiger partial charge in [0.2, 0.25) is 0 Å². The van der Waals surface area contributed by atoms with Gasteiger partial charge in [-0.05, 0) is 42.5 Å².